The third kappa shape index (κ3) is 16.6. The molecule has 278 valence electrons. The predicted molar refractivity (Wildman–Crippen MR) is 180 cm³/mol. The molecule has 50 heavy (non-hydrogen) atoms. The summed E-state index contributed by atoms with van der Waals surface area (Å²) in [7, 11) is 0. The van der Waals surface area contributed by atoms with Crippen LogP contribution in [-0.4, -0.2) is 113 Å². The summed E-state index contributed by atoms with van der Waals surface area (Å²) in [6.07, 6.45) is 0.433. The summed E-state index contributed by atoms with van der Waals surface area (Å²) in [6.45, 7) is 3.13. The van der Waals surface area contributed by atoms with Crippen LogP contribution in [0.2, 0.25) is 0 Å². The third-order valence-corrected chi connectivity index (χ3v) is 7.34. The van der Waals surface area contributed by atoms with Crippen LogP contribution in [0.3, 0.4) is 0 Å². The van der Waals surface area contributed by atoms with Crippen LogP contribution in [0.4, 0.5) is 0 Å². The number of carbonyl (C=O) groups excluding carboxylic acids is 6. The van der Waals surface area contributed by atoms with Crippen molar-refractivity contribution in [1.82, 2.24) is 31.9 Å². The number of carbonyl (C=O) groups is 7. The van der Waals surface area contributed by atoms with Crippen molar-refractivity contribution in [2.24, 2.45) is 22.4 Å². The number of aromatic hydroxyl groups is 1. The maximum absolute atomic E-state index is 13.2. The maximum Gasteiger partial charge on any atom is 0.305 e. The van der Waals surface area contributed by atoms with Crippen LogP contribution in [0.15, 0.2) is 29.3 Å². The van der Waals surface area contributed by atoms with E-state index in [1.165, 1.54) is 19.1 Å². The molecule has 0 fully saturated rings. The van der Waals surface area contributed by atoms with E-state index in [9.17, 15) is 43.8 Å². The Bertz CT molecular complexity index is 1350. The lowest BCUT2D eigenvalue weighted by Crippen LogP contribution is -2.58. The van der Waals surface area contributed by atoms with E-state index in [1.54, 1.807) is 26.0 Å². The number of phenolic OH excluding ortho intramolecular Hbond substituents is 1. The van der Waals surface area contributed by atoms with Gasteiger partial charge in [0.25, 0.3) is 0 Å². The van der Waals surface area contributed by atoms with Gasteiger partial charge < -0.3 is 58.7 Å². The molecule has 5 atom stereocenters. The van der Waals surface area contributed by atoms with Crippen molar-refractivity contribution >= 4 is 47.4 Å². The molecule has 19 heteroatoms. The van der Waals surface area contributed by atoms with Crippen LogP contribution in [0, 0.1) is 5.92 Å². The smallest absolute Gasteiger partial charge is 0.305 e. The molecule has 13 N–H and O–H groups in total. The van der Waals surface area contributed by atoms with Gasteiger partial charge in [0.15, 0.2) is 5.96 Å². The number of nitrogens with two attached hydrogens (primary N) is 2. The van der Waals surface area contributed by atoms with Gasteiger partial charge in [0.1, 0.15) is 29.9 Å². The van der Waals surface area contributed by atoms with Gasteiger partial charge in [0.05, 0.1) is 19.6 Å². The van der Waals surface area contributed by atoms with E-state index in [4.69, 9.17) is 16.6 Å². The second-order valence-electron chi connectivity index (χ2n) is 11.5. The molecule has 0 saturated carbocycles. The van der Waals surface area contributed by atoms with Gasteiger partial charge in [-0.1, -0.05) is 32.4 Å². The quantitative estimate of drug-likeness (QED) is 0.0321. The first kappa shape index (κ1) is 42.6. The molecule has 6 amide bonds. The van der Waals surface area contributed by atoms with Gasteiger partial charge in [0, 0.05) is 26.4 Å². The van der Waals surface area contributed by atoms with Crippen LogP contribution in [0.25, 0.3) is 0 Å². The van der Waals surface area contributed by atoms with E-state index < -0.39 is 84.6 Å². The average Bonchev–Trinajstić information content (AvgIpc) is 3.05. The first-order valence-electron chi connectivity index (χ1n) is 16.0. The fraction of sp³-hybridized carbons (Fsp3) is 0.548. The standard InChI is InChI=1S/C31H49N9O10/c1-4-17(2)26(40-28(48)22(37-18(3)42)14-19-7-9-20(43)10-8-19)30(50)36-15-24(44)38-23(16-41)29(49)39-21(6-5-12-35-31(32)33)27(47)34-13-11-25(45)46/h7-10,17,21-23,26,41,43H,4-6,11-16H2,1-3H3,(H,34,47)(H,36,50)(H,37,42)(H,38,44)(H,39,49)(H,40,48)(H,45,46)(H4,32,33,35)/t17-,21-,22-,23-,26-/m0/s1. The topological polar surface area (TPSA) is 317 Å². The lowest BCUT2D eigenvalue weighted by atomic mass is 9.97. The van der Waals surface area contributed by atoms with Gasteiger partial charge in [-0.25, -0.2) is 0 Å². The molecule has 0 aliphatic heterocycles. The van der Waals surface area contributed by atoms with E-state index in [2.05, 4.69) is 36.9 Å². The van der Waals surface area contributed by atoms with E-state index in [0.717, 1.165) is 0 Å². The maximum atomic E-state index is 13.2. The molecule has 0 radical (unpaired) electrons. The second kappa shape index (κ2) is 22.2. The van der Waals surface area contributed by atoms with Gasteiger partial charge >= 0.3 is 5.97 Å². The third-order valence-electron chi connectivity index (χ3n) is 7.34. The molecule has 0 aliphatic rings. The van der Waals surface area contributed by atoms with Crippen molar-refractivity contribution < 1.29 is 48.9 Å². The lowest BCUT2D eigenvalue weighted by Gasteiger charge is -2.26. The predicted octanol–water partition coefficient (Wildman–Crippen LogP) is -3.31. The highest BCUT2D eigenvalue weighted by Gasteiger charge is 2.31. The molecule has 0 unspecified atom stereocenters. The fourth-order valence-corrected chi connectivity index (χ4v) is 4.46. The Labute approximate surface area is 289 Å². The molecule has 1 aromatic rings. The van der Waals surface area contributed by atoms with Crippen LogP contribution >= 0.6 is 0 Å². The van der Waals surface area contributed by atoms with Crippen LogP contribution < -0.4 is 43.4 Å². The first-order valence-corrected chi connectivity index (χ1v) is 16.0. The Morgan fingerprint density at radius 3 is 2.04 bits per heavy atom. The fourth-order valence-electron chi connectivity index (χ4n) is 4.46. The molecular weight excluding hydrogens is 658 g/mol. The monoisotopic (exact) mass is 707 g/mol. The number of aliphatic carboxylic acids is 1. The molecule has 0 aliphatic carbocycles. The Morgan fingerprint density at radius 2 is 1.48 bits per heavy atom. The summed E-state index contributed by atoms with van der Waals surface area (Å²) in [4.78, 5) is 91.2. The second-order valence-corrected chi connectivity index (χ2v) is 11.5. The number of guanidine groups is 1. The number of nitrogens with one attached hydrogen (secondary N) is 6. The van der Waals surface area contributed by atoms with Crippen LogP contribution in [0.1, 0.15) is 52.0 Å². The summed E-state index contributed by atoms with van der Waals surface area (Å²) < 4.78 is 0. The summed E-state index contributed by atoms with van der Waals surface area (Å²) in [6, 6.07) is 1.14. The molecule has 0 spiro atoms. The van der Waals surface area contributed by atoms with Crippen LogP contribution in [-0.2, 0) is 40.0 Å². The van der Waals surface area contributed by atoms with E-state index >= 15 is 0 Å². The highest BCUT2D eigenvalue weighted by molar-refractivity contribution is 5.95. The van der Waals surface area contributed by atoms with Crippen LogP contribution in [0.5, 0.6) is 5.75 Å². The number of hydrogen-bond donors (Lipinski definition) is 11. The number of rotatable bonds is 22. The molecule has 1 aromatic carbocycles. The molecule has 0 saturated heterocycles. The van der Waals surface area contributed by atoms with E-state index in [1.807, 2.05) is 0 Å². The van der Waals surface area contributed by atoms with Gasteiger partial charge in [-0.2, -0.15) is 0 Å². The normalized spacial score (nSPS) is 13.6. The lowest BCUT2D eigenvalue weighted by molar-refractivity contribution is -0.137. The molecule has 19 nitrogen and oxygen atoms in total. The summed E-state index contributed by atoms with van der Waals surface area (Å²) >= 11 is 0. The Balaban J connectivity index is 2.90. The highest BCUT2D eigenvalue weighted by Crippen LogP contribution is 2.13. The first-order chi connectivity index (χ1) is 23.6. The van der Waals surface area contributed by atoms with Gasteiger partial charge in [-0.3, -0.25) is 38.6 Å². The number of aliphatic imine (C=N–C) groups is 1. The largest absolute Gasteiger partial charge is 0.508 e. The van der Waals surface area contributed by atoms with Crippen molar-refractivity contribution in [3.63, 3.8) is 0 Å². The number of nitrogens with zero attached hydrogens (tertiary/aromatic N) is 1. The minimum Gasteiger partial charge on any atom is -0.508 e. The number of phenols is 1. The van der Waals surface area contributed by atoms with Crippen molar-refractivity contribution in [3.8, 4) is 5.75 Å². The molecule has 1 rings (SSSR count). The Morgan fingerprint density at radius 1 is 0.840 bits per heavy atom. The summed E-state index contributed by atoms with van der Waals surface area (Å²) in [5.74, 6) is -6.09. The van der Waals surface area contributed by atoms with Crippen molar-refractivity contribution in [2.45, 2.75) is 77.0 Å². The van der Waals surface area contributed by atoms with Gasteiger partial charge in [-0.15, -0.1) is 0 Å². The summed E-state index contributed by atoms with van der Waals surface area (Å²) in [5, 5.41) is 42.8. The molecule has 0 aromatic heterocycles. The number of hydrogen-bond acceptors (Lipinski definition) is 10. The Kier molecular flexibility index (Phi) is 18.9. The SMILES string of the molecule is CC[C@H](C)[C@H](NC(=O)[C@H](Cc1ccc(O)cc1)NC(C)=O)C(=O)NCC(=O)N[C@@H](CO)C(=O)N[C@@H](CCCN=C(N)N)C(=O)NCCC(=O)O. The zero-order valence-electron chi connectivity index (χ0n) is 28.4. The highest BCUT2D eigenvalue weighted by atomic mass is 16.4. The number of carboxylic acid groups (broad SMARTS) is 1. The number of amides is 6. The van der Waals surface area contributed by atoms with E-state index in [0.29, 0.717) is 12.0 Å². The average molecular weight is 708 g/mol. The number of benzene rings is 1. The van der Waals surface area contributed by atoms with Gasteiger partial charge in [-0.05, 0) is 36.5 Å². The van der Waals surface area contributed by atoms with Crippen molar-refractivity contribution in [2.75, 3.05) is 26.2 Å². The number of aliphatic hydroxyl groups excluding tert-OH is 1. The van der Waals surface area contributed by atoms with Gasteiger partial charge in [0.2, 0.25) is 35.4 Å². The minimum atomic E-state index is -1.53. The minimum absolute atomic E-state index is 0.0234. The molecule has 0 heterocycles. The van der Waals surface area contributed by atoms with E-state index in [-0.39, 0.29) is 50.5 Å². The zero-order valence-corrected chi connectivity index (χ0v) is 28.4. The molecule has 0 bridgehead atoms. The molecular formula is C31H49N9O10. The van der Waals surface area contributed by atoms with Crippen molar-refractivity contribution in [3.05, 3.63) is 29.8 Å². The van der Waals surface area contributed by atoms with Crippen molar-refractivity contribution in [1.29, 1.82) is 0 Å². The Hall–Kier alpha value is -5.46. The summed E-state index contributed by atoms with van der Waals surface area (Å²) in [5.41, 5.74) is 11.2. The number of carboxylic acids is 1. The zero-order chi connectivity index (χ0) is 37.8. The number of aliphatic hydroxyl groups is 1.